The van der Waals surface area contributed by atoms with E-state index in [2.05, 4.69) is 25.8 Å². The summed E-state index contributed by atoms with van der Waals surface area (Å²) in [5, 5.41) is 8.74. The van der Waals surface area contributed by atoms with Gasteiger partial charge >= 0.3 is 0 Å². The zero-order valence-corrected chi connectivity index (χ0v) is 15.2. The highest BCUT2D eigenvalue weighted by molar-refractivity contribution is 5.96. The lowest BCUT2D eigenvalue weighted by Crippen LogP contribution is -2.31. The number of aromatic nitrogens is 5. The zero-order chi connectivity index (χ0) is 18.2. The van der Waals surface area contributed by atoms with Crippen molar-refractivity contribution in [2.24, 2.45) is 0 Å². The van der Waals surface area contributed by atoms with Gasteiger partial charge in [0.2, 0.25) is 0 Å². The van der Waals surface area contributed by atoms with Gasteiger partial charge in [0.05, 0.1) is 19.4 Å². The van der Waals surface area contributed by atoms with Crippen LogP contribution < -0.4 is 0 Å². The molecule has 1 amide bonds. The van der Waals surface area contributed by atoms with Crippen LogP contribution in [0.3, 0.4) is 0 Å². The predicted octanol–water partition coefficient (Wildman–Crippen LogP) is 2.45. The third-order valence-electron chi connectivity index (χ3n) is 5.42. The van der Waals surface area contributed by atoms with E-state index in [0.29, 0.717) is 19.0 Å². The predicted molar refractivity (Wildman–Crippen MR) is 99.1 cm³/mol. The van der Waals surface area contributed by atoms with Gasteiger partial charge in [-0.05, 0) is 36.8 Å². The summed E-state index contributed by atoms with van der Waals surface area (Å²) in [5.74, 6) is 2.45. The zero-order valence-electron chi connectivity index (χ0n) is 15.2. The number of imidazole rings is 1. The molecule has 1 fully saturated rings. The lowest BCUT2D eigenvalue weighted by molar-refractivity contribution is 0.0742. The molecule has 0 N–H and O–H groups in total. The van der Waals surface area contributed by atoms with Crippen molar-refractivity contribution >= 4 is 5.91 Å². The van der Waals surface area contributed by atoms with Gasteiger partial charge < -0.3 is 14.0 Å². The van der Waals surface area contributed by atoms with Gasteiger partial charge in [-0.25, -0.2) is 4.98 Å². The second-order valence-electron chi connectivity index (χ2n) is 7.36. The second-order valence-corrected chi connectivity index (χ2v) is 7.36. The van der Waals surface area contributed by atoms with Crippen molar-refractivity contribution in [3.8, 4) is 0 Å². The van der Waals surface area contributed by atoms with Gasteiger partial charge in [-0.1, -0.05) is 18.2 Å². The van der Waals surface area contributed by atoms with Crippen LogP contribution in [-0.4, -0.2) is 41.7 Å². The Morgan fingerprint density at radius 2 is 2.04 bits per heavy atom. The first kappa shape index (κ1) is 16.2. The van der Waals surface area contributed by atoms with E-state index >= 15 is 0 Å². The number of carbonyl (C=O) groups excluding carboxylic acids is 1. The summed E-state index contributed by atoms with van der Waals surface area (Å²) in [6.45, 7) is 2.73. The largest absolute Gasteiger partial charge is 0.331 e. The van der Waals surface area contributed by atoms with E-state index in [1.165, 1.54) is 18.4 Å². The fraction of sp³-hybridized carbons (Fsp3) is 0.400. The summed E-state index contributed by atoms with van der Waals surface area (Å²) < 4.78 is 4.14. The fourth-order valence-electron chi connectivity index (χ4n) is 3.86. The van der Waals surface area contributed by atoms with Crippen molar-refractivity contribution in [3.05, 3.63) is 65.8 Å². The lowest BCUT2D eigenvalue weighted by Gasteiger charge is -2.21. The number of benzene rings is 1. The third-order valence-corrected chi connectivity index (χ3v) is 5.42. The summed E-state index contributed by atoms with van der Waals surface area (Å²) in [6, 6.07) is 8.07. The molecule has 5 rings (SSSR count). The number of fused-ring (bicyclic) bond motifs is 1. The van der Waals surface area contributed by atoms with Gasteiger partial charge in [0.1, 0.15) is 0 Å². The SMILES string of the molecule is O=C(c1ccccc1C1CC1)N1CCCn2c(nnc2Cn2ccnc2)C1. The molecule has 3 heterocycles. The molecule has 1 saturated carbocycles. The van der Waals surface area contributed by atoms with Crippen molar-refractivity contribution in [2.75, 3.05) is 6.54 Å². The maximum Gasteiger partial charge on any atom is 0.254 e. The van der Waals surface area contributed by atoms with Gasteiger partial charge in [0.15, 0.2) is 11.6 Å². The Bertz CT molecular complexity index is 957. The number of rotatable bonds is 4. The van der Waals surface area contributed by atoms with Crippen molar-refractivity contribution in [1.29, 1.82) is 0 Å². The van der Waals surface area contributed by atoms with Crippen LogP contribution in [0.1, 0.15) is 52.8 Å². The van der Waals surface area contributed by atoms with Crippen molar-refractivity contribution in [2.45, 2.75) is 44.8 Å². The van der Waals surface area contributed by atoms with Crippen LogP contribution in [0.15, 0.2) is 43.0 Å². The minimum absolute atomic E-state index is 0.116. The van der Waals surface area contributed by atoms with Crippen LogP contribution in [0, 0.1) is 0 Å². The number of hydrogen-bond donors (Lipinski definition) is 0. The molecule has 1 aliphatic carbocycles. The number of hydrogen-bond acceptors (Lipinski definition) is 4. The Balaban J connectivity index is 1.39. The monoisotopic (exact) mass is 362 g/mol. The highest BCUT2D eigenvalue weighted by atomic mass is 16.2. The molecule has 3 aromatic rings. The molecule has 1 aromatic carbocycles. The summed E-state index contributed by atoms with van der Waals surface area (Å²) in [4.78, 5) is 19.2. The first-order valence-electron chi connectivity index (χ1n) is 9.54. The fourth-order valence-corrected chi connectivity index (χ4v) is 3.86. The van der Waals surface area contributed by atoms with Crippen LogP contribution in [0.5, 0.6) is 0 Å². The minimum Gasteiger partial charge on any atom is -0.331 e. The molecular formula is C20H22N6O. The Morgan fingerprint density at radius 1 is 1.15 bits per heavy atom. The van der Waals surface area contributed by atoms with Crippen LogP contribution in [-0.2, 0) is 19.6 Å². The van der Waals surface area contributed by atoms with Crippen LogP contribution >= 0.6 is 0 Å². The molecule has 2 aliphatic rings. The Hall–Kier alpha value is -2.96. The molecule has 0 radical (unpaired) electrons. The third kappa shape index (κ3) is 3.13. The summed E-state index contributed by atoms with van der Waals surface area (Å²) in [7, 11) is 0. The molecule has 27 heavy (non-hydrogen) atoms. The van der Waals surface area contributed by atoms with Gasteiger partial charge in [0.25, 0.3) is 5.91 Å². The molecule has 0 saturated heterocycles. The van der Waals surface area contributed by atoms with Gasteiger partial charge in [-0.2, -0.15) is 0 Å². The summed E-state index contributed by atoms with van der Waals surface area (Å²) in [6.07, 6.45) is 8.75. The number of amides is 1. The first-order chi connectivity index (χ1) is 13.3. The van der Waals surface area contributed by atoms with Gasteiger partial charge in [-0.15, -0.1) is 10.2 Å². The average molecular weight is 362 g/mol. The smallest absolute Gasteiger partial charge is 0.254 e. The van der Waals surface area contributed by atoms with E-state index in [0.717, 1.165) is 36.7 Å². The van der Waals surface area contributed by atoms with Crippen molar-refractivity contribution < 1.29 is 4.79 Å². The topological polar surface area (TPSA) is 68.8 Å². The average Bonchev–Trinajstić information content (AvgIpc) is 3.37. The molecule has 7 nitrogen and oxygen atoms in total. The van der Waals surface area contributed by atoms with E-state index in [1.54, 1.807) is 12.5 Å². The van der Waals surface area contributed by atoms with Crippen LogP contribution in [0.25, 0.3) is 0 Å². The van der Waals surface area contributed by atoms with Gasteiger partial charge in [0, 0.05) is 31.0 Å². The van der Waals surface area contributed by atoms with E-state index in [9.17, 15) is 4.79 Å². The number of nitrogens with zero attached hydrogens (tertiary/aromatic N) is 6. The maximum absolute atomic E-state index is 13.2. The molecule has 2 aromatic heterocycles. The normalized spacial score (nSPS) is 16.8. The molecule has 138 valence electrons. The quantitative estimate of drug-likeness (QED) is 0.715. The van der Waals surface area contributed by atoms with E-state index in [-0.39, 0.29) is 5.91 Å². The van der Waals surface area contributed by atoms with Gasteiger partial charge in [-0.3, -0.25) is 4.79 Å². The van der Waals surface area contributed by atoms with E-state index in [4.69, 9.17) is 0 Å². The molecule has 0 spiro atoms. The Labute approximate surface area is 157 Å². The molecule has 1 aliphatic heterocycles. The standard InChI is InChI=1S/C20H22N6O/c27-20(17-5-2-1-4-16(17)15-6-7-15)25-9-3-10-26-18(22-23-19(26)13-25)12-24-11-8-21-14-24/h1-2,4-5,8,11,14-15H,3,6-7,9-10,12-13H2. The lowest BCUT2D eigenvalue weighted by atomic mass is 10.0. The van der Waals surface area contributed by atoms with Crippen LogP contribution in [0.2, 0.25) is 0 Å². The highest BCUT2D eigenvalue weighted by Crippen LogP contribution is 2.41. The van der Waals surface area contributed by atoms with E-state index < -0.39 is 0 Å². The minimum atomic E-state index is 0.116. The molecule has 0 bridgehead atoms. The van der Waals surface area contributed by atoms with Crippen molar-refractivity contribution in [3.63, 3.8) is 0 Å². The second kappa shape index (κ2) is 6.64. The summed E-state index contributed by atoms with van der Waals surface area (Å²) in [5.41, 5.74) is 2.06. The molecule has 0 atom stereocenters. The molecular weight excluding hydrogens is 340 g/mol. The van der Waals surface area contributed by atoms with Crippen LogP contribution in [0.4, 0.5) is 0 Å². The molecule has 0 unspecified atom stereocenters. The highest BCUT2D eigenvalue weighted by Gasteiger charge is 2.30. The molecule has 7 heteroatoms. The summed E-state index contributed by atoms with van der Waals surface area (Å²) >= 11 is 0. The Morgan fingerprint density at radius 3 is 2.85 bits per heavy atom. The Kier molecular flexibility index (Phi) is 3.99. The van der Waals surface area contributed by atoms with Crippen molar-refractivity contribution in [1.82, 2.24) is 29.2 Å². The number of carbonyl (C=O) groups is 1. The first-order valence-corrected chi connectivity index (χ1v) is 9.54. The van der Waals surface area contributed by atoms with E-state index in [1.807, 2.05) is 33.9 Å². The maximum atomic E-state index is 13.2.